The highest BCUT2D eigenvalue weighted by atomic mass is 16.4. The lowest BCUT2D eigenvalue weighted by Crippen LogP contribution is -2.18. The summed E-state index contributed by atoms with van der Waals surface area (Å²) in [5.41, 5.74) is 2.11. The first-order valence-electron chi connectivity index (χ1n) is 7.17. The van der Waals surface area contributed by atoms with E-state index in [1.165, 1.54) is 19.2 Å². The molecule has 1 fully saturated rings. The van der Waals surface area contributed by atoms with Gasteiger partial charge in [0.1, 0.15) is 0 Å². The van der Waals surface area contributed by atoms with Crippen molar-refractivity contribution in [3.05, 3.63) is 42.8 Å². The van der Waals surface area contributed by atoms with Gasteiger partial charge >= 0.3 is 0 Å². The molecular weight excluding hydrogens is 250 g/mol. The maximum atomic E-state index is 5.18. The van der Waals surface area contributed by atoms with Gasteiger partial charge in [-0.05, 0) is 54.9 Å². The molecule has 1 aromatic heterocycles. The molecule has 102 valence electrons. The van der Waals surface area contributed by atoms with E-state index in [-0.39, 0.29) is 0 Å². The Balaban J connectivity index is 1.39. The molecule has 0 radical (unpaired) electrons. The summed E-state index contributed by atoms with van der Waals surface area (Å²) < 4.78 is 5.18. The highest BCUT2D eigenvalue weighted by Crippen LogP contribution is 2.43. The zero-order valence-corrected chi connectivity index (χ0v) is 11.2. The molecule has 2 aromatic rings. The Morgan fingerprint density at radius 3 is 2.70 bits per heavy atom. The van der Waals surface area contributed by atoms with Gasteiger partial charge in [0.2, 0.25) is 12.3 Å². The highest BCUT2D eigenvalue weighted by molar-refractivity contribution is 5.58. The molecule has 3 unspecified atom stereocenters. The van der Waals surface area contributed by atoms with Crippen LogP contribution in [0.15, 0.2) is 47.2 Å². The van der Waals surface area contributed by atoms with Crippen LogP contribution in [0.2, 0.25) is 0 Å². The summed E-state index contributed by atoms with van der Waals surface area (Å²) in [6.45, 7) is 1.06. The van der Waals surface area contributed by atoms with Crippen molar-refractivity contribution in [2.45, 2.75) is 12.8 Å². The fraction of sp³-hybridized carbons (Fsp3) is 0.375. The van der Waals surface area contributed by atoms with Crippen LogP contribution < -0.4 is 5.32 Å². The monoisotopic (exact) mass is 267 g/mol. The lowest BCUT2D eigenvalue weighted by Gasteiger charge is -2.19. The van der Waals surface area contributed by atoms with Crippen molar-refractivity contribution in [1.29, 1.82) is 0 Å². The molecule has 1 N–H and O–H groups in total. The van der Waals surface area contributed by atoms with Gasteiger partial charge < -0.3 is 9.73 Å². The number of allylic oxidation sites excluding steroid dienone is 2. The number of benzene rings is 1. The van der Waals surface area contributed by atoms with E-state index in [0.717, 1.165) is 35.5 Å². The number of aromatic nitrogens is 2. The van der Waals surface area contributed by atoms with Gasteiger partial charge in [0.15, 0.2) is 0 Å². The zero-order valence-electron chi connectivity index (χ0n) is 11.2. The molecule has 4 heteroatoms. The Bertz CT molecular complexity index is 603. The lowest BCUT2D eigenvalue weighted by atomic mass is 9.93. The molecule has 2 aliphatic rings. The third-order valence-electron chi connectivity index (χ3n) is 4.48. The minimum absolute atomic E-state index is 0.565. The van der Waals surface area contributed by atoms with E-state index in [1.807, 2.05) is 12.1 Å². The Hall–Kier alpha value is -2.10. The molecule has 4 rings (SSSR count). The van der Waals surface area contributed by atoms with Gasteiger partial charge in [0, 0.05) is 17.8 Å². The summed E-state index contributed by atoms with van der Waals surface area (Å²) in [6.07, 6.45) is 8.85. The van der Waals surface area contributed by atoms with E-state index < -0.39 is 0 Å². The molecule has 1 aromatic carbocycles. The lowest BCUT2D eigenvalue weighted by molar-refractivity contribution is 0.472. The van der Waals surface area contributed by atoms with Crippen molar-refractivity contribution in [2.24, 2.45) is 17.8 Å². The second kappa shape index (κ2) is 4.78. The summed E-state index contributed by atoms with van der Waals surface area (Å²) in [4.78, 5) is 0. The molecule has 1 saturated carbocycles. The topological polar surface area (TPSA) is 51.0 Å². The van der Waals surface area contributed by atoms with Gasteiger partial charge in [-0.2, -0.15) is 0 Å². The number of rotatable bonds is 4. The first-order valence-corrected chi connectivity index (χ1v) is 7.17. The van der Waals surface area contributed by atoms with Gasteiger partial charge in [-0.15, -0.1) is 10.2 Å². The molecule has 0 saturated heterocycles. The van der Waals surface area contributed by atoms with Crippen molar-refractivity contribution >= 4 is 5.69 Å². The van der Waals surface area contributed by atoms with Crippen LogP contribution in [-0.2, 0) is 0 Å². The van der Waals surface area contributed by atoms with Crippen molar-refractivity contribution in [2.75, 3.05) is 11.9 Å². The van der Waals surface area contributed by atoms with E-state index in [1.54, 1.807) is 0 Å². The quantitative estimate of drug-likeness (QED) is 0.863. The average Bonchev–Trinajstić information content (AvgIpc) is 3.22. The van der Waals surface area contributed by atoms with Crippen molar-refractivity contribution < 1.29 is 4.42 Å². The zero-order chi connectivity index (χ0) is 13.4. The average molecular weight is 267 g/mol. The Kier molecular flexibility index (Phi) is 2.80. The smallest absolute Gasteiger partial charge is 0.247 e. The molecule has 2 bridgehead atoms. The van der Waals surface area contributed by atoms with Crippen molar-refractivity contribution in [1.82, 2.24) is 10.2 Å². The number of fused-ring (bicyclic) bond motifs is 2. The molecule has 1 heterocycles. The molecule has 4 nitrogen and oxygen atoms in total. The van der Waals surface area contributed by atoms with E-state index in [2.05, 4.69) is 39.8 Å². The maximum Gasteiger partial charge on any atom is 0.247 e. The van der Waals surface area contributed by atoms with Crippen molar-refractivity contribution in [3.8, 4) is 11.5 Å². The molecule has 0 spiro atoms. The van der Waals surface area contributed by atoms with E-state index in [0.29, 0.717) is 5.89 Å². The van der Waals surface area contributed by atoms with Crippen LogP contribution in [0.25, 0.3) is 11.5 Å². The number of hydrogen-bond acceptors (Lipinski definition) is 4. The van der Waals surface area contributed by atoms with Gasteiger partial charge in [-0.25, -0.2) is 0 Å². The molecule has 20 heavy (non-hydrogen) atoms. The van der Waals surface area contributed by atoms with Crippen LogP contribution >= 0.6 is 0 Å². The van der Waals surface area contributed by atoms with Crippen LogP contribution in [0.1, 0.15) is 12.8 Å². The van der Waals surface area contributed by atoms with Crippen LogP contribution in [0.3, 0.4) is 0 Å². The predicted octanol–water partition coefficient (Wildman–Crippen LogP) is 3.36. The Morgan fingerprint density at radius 2 is 2.05 bits per heavy atom. The van der Waals surface area contributed by atoms with Gasteiger partial charge in [0.05, 0.1) is 0 Å². The van der Waals surface area contributed by atoms with Gasteiger partial charge in [0.25, 0.3) is 0 Å². The molecular formula is C16H17N3O. The number of anilines is 1. The minimum atomic E-state index is 0.565. The fourth-order valence-electron chi connectivity index (χ4n) is 3.41. The minimum Gasteiger partial charge on any atom is -0.423 e. The van der Waals surface area contributed by atoms with Crippen LogP contribution in [-0.4, -0.2) is 16.7 Å². The number of nitrogens with zero attached hydrogens (tertiary/aromatic N) is 2. The van der Waals surface area contributed by atoms with E-state index in [4.69, 9.17) is 4.42 Å². The first-order chi connectivity index (χ1) is 9.88. The van der Waals surface area contributed by atoms with Gasteiger partial charge in [-0.3, -0.25) is 0 Å². The number of hydrogen-bond donors (Lipinski definition) is 1. The third kappa shape index (κ3) is 2.11. The van der Waals surface area contributed by atoms with Gasteiger partial charge in [-0.1, -0.05) is 12.2 Å². The fourth-order valence-corrected chi connectivity index (χ4v) is 3.41. The summed E-state index contributed by atoms with van der Waals surface area (Å²) in [6, 6.07) is 8.16. The van der Waals surface area contributed by atoms with Crippen LogP contribution in [0, 0.1) is 17.8 Å². The normalized spacial score (nSPS) is 27.1. The second-order valence-corrected chi connectivity index (χ2v) is 5.74. The first kappa shape index (κ1) is 11.7. The van der Waals surface area contributed by atoms with E-state index >= 15 is 0 Å². The van der Waals surface area contributed by atoms with Crippen LogP contribution in [0.5, 0.6) is 0 Å². The molecule has 2 aliphatic carbocycles. The Labute approximate surface area is 117 Å². The summed E-state index contributed by atoms with van der Waals surface area (Å²) in [5.74, 6) is 2.99. The predicted molar refractivity (Wildman–Crippen MR) is 77.1 cm³/mol. The third-order valence-corrected chi connectivity index (χ3v) is 4.48. The molecule has 0 aliphatic heterocycles. The molecule has 3 atom stereocenters. The second-order valence-electron chi connectivity index (χ2n) is 5.74. The maximum absolute atomic E-state index is 5.18. The SMILES string of the molecule is C1=CC2CC1CC2CNc1ccc(-c2nnco2)cc1. The van der Waals surface area contributed by atoms with Crippen molar-refractivity contribution in [3.63, 3.8) is 0 Å². The van der Waals surface area contributed by atoms with Crippen LogP contribution in [0.4, 0.5) is 5.69 Å². The summed E-state index contributed by atoms with van der Waals surface area (Å²) >= 11 is 0. The summed E-state index contributed by atoms with van der Waals surface area (Å²) in [5, 5.41) is 11.1. The number of nitrogens with one attached hydrogen (secondary N) is 1. The Morgan fingerprint density at radius 1 is 1.15 bits per heavy atom. The highest BCUT2D eigenvalue weighted by Gasteiger charge is 2.35. The largest absolute Gasteiger partial charge is 0.423 e. The van der Waals surface area contributed by atoms with E-state index in [9.17, 15) is 0 Å². The summed E-state index contributed by atoms with van der Waals surface area (Å²) in [7, 11) is 0. The molecule has 0 amide bonds. The standard InChI is InChI=1S/C16H17N3O/c1-2-13-7-11(1)8-14(13)9-17-15-5-3-12(4-6-15)16-19-18-10-20-16/h1-6,10-11,13-14,17H,7-9H2.